The molecule has 2 amide bonds. The molecule has 0 spiro atoms. The summed E-state index contributed by atoms with van der Waals surface area (Å²) in [5.74, 6) is -0.657. The summed E-state index contributed by atoms with van der Waals surface area (Å²) in [6.07, 6.45) is 4.81. The van der Waals surface area contributed by atoms with Crippen molar-refractivity contribution < 1.29 is 9.59 Å². The first-order chi connectivity index (χ1) is 13.5. The maximum Gasteiger partial charge on any atom is 0.274 e. The van der Waals surface area contributed by atoms with E-state index in [0.717, 1.165) is 11.3 Å². The average Bonchev–Trinajstić information content (AvgIpc) is 2.73. The molecule has 0 saturated heterocycles. The molecule has 0 atom stereocenters. The van der Waals surface area contributed by atoms with Gasteiger partial charge in [0.05, 0.1) is 0 Å². The highest BCUT2D eigenvalue weighted by atomic mass is 16.2. The number of pyridine rings is 2. The molecule has 28 heavy (non-hydrogen) atoms. The molecule has 3 rings (SSSR count). The molecule has 2 aromatic heterocycles. The fourth-order valence-corrected chi connectivity index (χ4v) is 2.52. The summed E-state index contributed by atoms with van der Waals surface area (Å²) in [5, 5.41) is 5.59. The summed E-state index contributed by atoms with van der Waals surface area (Å²) in [6, 6.07) is 14.2. The molecule has 142 valence electrons. The lowest BCUT2D eigenvalue weighted by molar-refractivity contribution is 0.0950. The maximum absolute atomic E-state index is 12.5. The molecule has 0 saturated carbocycles. The summed E-state index contributed by atoms with van der Waals surface area (Å²) in [4.78, 5) is 34.9. The summed E-state index contributed by atoms with van der Waals surface area (Å²) in [6.45, 7) is 0.356. The lowest BCUT2D eigenvalue weighted by Gasteiger charge is -2.13. The van der Waals surface area contributed by atoms with E-state index < -0.39 is 0 Å². The maximum atomic E-state index is 12.5. The molecule has 0 aliphatic heterocycles. The number of nitrogens with zero attached hydrogens (tertiary/aromatic N) is 3. The van der Waals surface area contributed by atoms with Crippen molar-refractivity contribution in [3.05, 3.63) is 83.9 Å². The quantitative estimate of drug-likeness (QED) is 0.692. The lowest BCUT2D eigenvalue weighted by atomic mass is 10.2. The van der Waals surface area contributed by atoms with E-state index in [0.29, 0.717) is 17.8 Å². The van der Waals surface area contributed by atoms with Gasteiger partial charge in [0.2, 0.25) is 0 Å². The molecule has 7 nitrogen and oxygen atoms in total. The van der Waals surface area contributed by atoms with Gasteiger partial charge in [0.25, 0.3) is 11.8 Å². The predicted octanol–water partition coefficient (Wildman–Crippen LogP) is 2.72. The SMILES string of the molecule is CN(C)c1ccc(NC(=O)c2cc(C(=O)NCc3cccnc3)ccn2)cc1. The molecule has 0 aliphatic carbocycles. The van der Waals surface area contributed by atoms with E-state index >= 15 is 0 Å². The Morgan fingerprint density at radius 2 is 1.79 bits per heavy atom. The summed E-state index contributed by atoms with van der Waals surface area (Å²) in [7, 11) is 3.89. The lowest BCUT2D eigenvalue weighted by Crippen LogP contribution is -2.23. The van der Waals surface area contributed by atoms with Crippen molar-refractivity contribution in [2.75, 3.05) is 24.3 Å². The third kappa shape index (κ3) is 4.91. The van der Waals surface area contributed by atoms with Gasteiger partial charge in [-0.15, -0.1) is 0 Å². The molecular weight excluding hydrogens is 354 g/mol. The van der Waals surface area contributed by atoms with Crippen molar-refractivity contribution in [1.29, 1.82) is 0 Å². The van der Waals surface area contributed by atoms with Gasteiger partial charge in [0.1, 0.15) is 5.69 Å². The Morgan fingerprint density at radius 1 is 1.00 bits per heavy atom. The Balaban J connectivity index is 1.64. The van der Waals surface area contributed by atoms with Crippen LogP contribution in [0.25, 0.3) is 0 Å². The minimum atomic E-state index is -0.375. The van der Waals surface area contributed by atoms with Crippen LogP contribution in [0.15, 0.2) is 67.1 Å². The Hall–Kier alpha value is -3.74. The first kappa shape index (κ1) is 19.0. The van der Waals surface area contributed by atoms with E-state index in [1.165, 1.54) is 12.3 Å². The van der Waals surface area contributed by atoms with Crippen LogP contribution in [-0.2, 0) is 6.54 Å². The summed E-state index contributed by atoms with van der Waals surface area (Å²) >= 11 is 0. The van der Waals surface area contributed by atoms with Crippen LogP contribution in [0.5, 0.6) is 0 Å². The number of carbonyl (C=O) groups is 2. The van der Waals surface area contributed by atoms with Crippen LogP contribution in [0.2, 0.25) is 0 Å². The van der Waals surface area contributed by atoms with Crippen LogP contribution in [-0.4, -0.2) is 35.9 Å². The standard InChI is InChI=1S/C21H21N5O2/c1-26(2)18-7-5-17(6-8-18)25-21(28)19-12-16(9-11-23-19)20(27)24-14-15-4-3-10-22-13-15/h3-13H,14H2,1-2H3,(H,24,27)(H,25,28). The fraction of sp³-hybridized carbons (Fsp3) is 0.143. The Labute approximate surface area is 163 Å². The van der Waals surface area contributed by atoms with Crippen LogP contribution in [0.1, 0.15) is 26.4 Å². The van der Waals surface area contributed by atoms with E-state index in [1.807, 2.05) is 49.3 Å². The number of aromatic nitrogens is 2. The van der Waals surface area contributed by atoms with Gasteiger partial charge in [0, 0.05) is 56.2 Å². The van der Waals surface area contributed by atoms with Crippen LogP contribution >= 0.6 is 0 Å². The topological polar surface area (TPSA) is 87.2 Å². The zero-order valence-corrected chi connectivity index (χ0v) is 15.7. The van der Waals surface area contributed by atoms with Gasteiger partial charge in [-0.25, -0.2) is 0 Å². The third-order valence-electron chi connectivity index (χ3n) is 4.07. The molecular formula is C21H21N5O2. The second kappa shape index (κ2) is 8.77. The number of hydrogen-bond donors (Lipinski definition) is 2. The largest absolute Gasteiger partial charge is 0.378 e. The van der Waals surface area contributed by atoms with E-state index in [-0.39, 0.29) is 17.5 Å². The molecule has 0 fully saturated rings. The molecule has 2 heterocycles. The highest BCUT2D eigenvalue weighted by Gasteiger charge is 2.12. The number of rotatable bonds is 6. The predicted molar refractivity (Wildman–Crippen MR) is 108 cm³/mol. The summed E-state index contributed by atoms with van der Waals surface area (Å²) in [5.41, 5.74) is 3.12. The number of anilines is 2. The first-order valence-corrected chi connectivity index (χ1v) is 8.75. The Morgan fingerprint density at radius 3 is 2.46 bits per heavy atom. The molecule has 0 bridgehead atoms. The zero-order valence-electron chi connectivity index (χ0n) is 15.7. The smallest absolute Gasteiger partial charge is 0.274 e. The number of amides is 2. The fourth-order valence-electron chi connectivity index (χ4n) is 2.52. The molecule has 3 aromatic rings. The Kier molecular flexibility index (Phi) is 5.96. The van der Waals surface area contributed by atoms with Gasteiger partial charge < -0.3 is 15.5 Å². The third-order valence-corrected chi connectivity index (χ3v) is 4.07. The van der Waals surface area contributed by atoms with Crippen molar-refractivity contribution in [3.63, 3.8) is 0 Å². The molecule has 7 heteroatoms. The number of nitrogens with one attached hydrogen (secondary N) is 2. The second-order valence-corrected chi connectivity index (χ2v) is 6.37. The minimum absolute atomic E-state index is 0.172. The number of carbonyl (C=O) groups excluding carboxylic acids is 2. The van der Waals surface area contributed by atoms with Gasteiger partial charge in [-0.2, -0.15) is 0 Å². The van der Waals surface area contributed by atoms with Gasteiger partial charge in [-0.1, -0.05) is 6.07 Å². The van der Waals surface area contributed by atoms with E-state index in [2.05, 4.69) is 20.6 Å². The normalized spacial score (nSPS) is 10.2. The summed E-state index contributed by atoms with van der Waals surface area (Å²) < 4.78 is 0. The molecule has 0 aliphatic rings. The monoisotopic (exact) mass is 375 g/mol. The van der Waals surface area contributed by atoms with Gasteiger partial charge in [0.15, 0.2) is 0 Å². The minimum Gasteiger partial charge on any atom is -0.378 e. The zero-order chi connectivity index (χ0) is 19.9. The molecule has 0 unspecified atom stereocenters. The van der Waals surface area contributed by atoms with E-state index in [4.69, 9.17) is 0 Å². The van der Waals surface area contributed by atoms with Gasteiger partial charge >= 0.3 is 0 Å². The van der Waals surface area contributed by atoms with Crippen molar-refractivity contribution in [3.8, 4) is 0 Å². The van der Waals surface area contributed by atoms with Gasteiger partial charge in [-0.05, 0) is 48.0 Å². The average molecular weight is 375 g/mol. The van der Waals surface area contributed by atoms with E-state index in [1.54, 1.807) is 24.5 Å². The van der Waals surface area contributed by atoms with E-state index in [9.17, 15) is 9.59 Å². The highest BCUT2D eigenvalue weighted by molar-refractivity contribution is 6.04. The number of benzene rings is 1. The van der Waals surface area contributed by atoms with Crippen molar-refractivity contribution >= 4 is 23.2 Å². The molecule has 0 radical (unpaired) electrons. The molecule has 2 N–H and O–H groups in total. The Bertz CT molecular complexity index is 956. The van der Waals surface area contributed by atoms with Gasteiger partial charge in [-0.3, -0.25) is 19.6 Å². The second-order valence-electron chi connectivity index (χ2n) is 6.37. The van der Waals surface area contributed by atoms with Crippen LogP contribution in [0.4, 0.5) is 11.4 Å². The van der Waals surface area contributed by atoms with Crippen LogP contribution in [0.3, 0.4) is 0 Å². The number of hydrogen-bond acceptors (Lipinski definition) is 5. The highest BCUT2D eigenvalue weighted by Crippen LogP contribution is 2.16. The van der Waals surface area contributed by atoms with Crippen molar-refractivity contribution in [2.45, 2.75) is 6.54 Å². The van der Waals surface area contributed by atoms with Crippen molar-refractivity contribution in [1.82, 2.24) is 15.3 Å². The van der Waals surface area contributed by atoms with Crippen LogP contribution in [0, 0.1) is 0 Å². The first-order valence-electron chi connectivity index (χ1n) is 8.75. The van der Waals surface area contributed by atoms with Crippen LogP contribution < -0.4 is 15.5 Å². The van der Waals surface area contributed by atoms with Crippen molar-refractivity contribution in [2.24, 2.45) is 0 Å². The molecule has 1 aromatic carbocycles.